The third-order valence-corrected chi connectivity index (χ3v) is 3.51. The van der Waals surface area contributed by atoms with Crippen molar-refractivity contribution in [3.63, 3.8) is 0 Å². The molecule has 0 fully saturated rings. The highest BCUT2D eigenvalue weighted by Gasteiger charge is 2.18. The van der Waals surface area contributed by atoms with Gasteiger partial charge in [-0.2, -0.15) is 0 Å². The molecule has 7 heteroatoms. The zero-order valence-electron chi connectivity index (χ0n) is 11.7. The molecule has 2 rings (SSSR count). The number of hydrogen-bond donors (Lipinski definition) is 2. The van der Waals surface area contributed by atoms with Crippen LogP contribution in [0.2, 0.25) is 0 Å². The molecule has 1 amide bonds. The molecule has 0 radical (unpaired) electrons. The number of halogens is 1. The van der Waals surface area contributed by atoms with E-state index in [2.05, 4.69) is 26.6 Å². The average Bonchev–Trinajstić information content (AvgIpc) is 2.49. The standard InChI is InChI=1S/C15H14BrN3O3/c1-10(17-12-8-6-11(16)7-9-12)15(20)18-13-4-2-3-5-14(13)19(21)22/h2-10,17H,1H3,(H,18,20)/t10-/m1/s1. The number of para-hydroxylation sites is 2. The van der Waals surface area contributed by atoms with Crippen LogP contribution < -0.4 is 10.6 Å². The Kier molecular flexibility index (Phi) is 5.11. The lowest BCUT2D eigenvalue weighted by Crippen LogP contribution is -2.32. The number of carbonyl (C=O) groups is 1. The lowest BCUT2D eigenvalue weighted by Gasteiger charge is -2.15. The second-order valence-electron chi connectivity index (χ2n) is 4.64. The molecule has 22 heavy (non-hydrogen) atoms. The van der Waals surface area contributed by atoms with Crippen molar-refractivity contribution in [1.82, 2.24) is 0 Å². The van der Waals surface area contributed by atoms with E-state index < -0.39 is 11.0 Å². The summed E-state index contributed by atoms with van der Waals surface area (Å²) in [5.41, 5.74) is 0.835. The molecule has 2 aromatic rings. The van der Waals surface area contributed by atoms with Gasteiger partial charge < -0.3 is 10.6 Å². The van der Waals surface area contributed by atoms with E-state index in [1.54, 1.807) is 19.1 Å². The lowest BCUT2D eigenvalue weighted by molar-refractivity contribution is -0.383. The van der Waals surface area contributed by atoms with Crippen LogP contribution in [0.4, 0.5) is 17.1 Å². The van der Waals surface area contributed by atoms with Crippen LogP contribution in [0.1, 0.15) is 6.92 Å². The fourth-order valence-corrected chi connectivity index (χ4v) is 2.11. The van der Waals surface area contributed by atoms with Crippen LogP contribution in [0.25, 0.3) is 0 Å². The number of benzene rings is 2. The van der Waals surface area contributed by atoms with Crippen molar-refractivity contribution in [1.29, 1.82) is 0 Å². The van der Waals surface area contributed by atoms with Crippen molar-refractivity contribution in [2.45, 2.75) is 13.0 Å². The Labute approximate surface area is 135 Å². The average molecular weight is 364 g/mol. The second-order valence-corrected chi connectivity index (χ2v) is 5.55. The van der Waals surface area contributed by atoms with Crippen LogP contribution in [0.15, 0.2) is 53.0 Å². The molecule has 6 nitrogen and oxygen atoms in total. The monoisotopic (exact) mass is 363 g/mol. The molecule has 0 unspecified atom stereocenters. The molecular formula is C15H14BrN3O3. The molecule has 0 aliphatic carbocycles. The number of nitro groups is 1. The SMILES string of the molecule is C[C@@H](Nc1ccc(Br)cc1)C(=O)Nc1ccccc1[N+](=O)[O-]. The van der Waals surface area contributed by atoms with Crippen LogP contribution in [-0.4, -0.2) is 16.9 Å². The van der Waals surface area contributed by atoms with E-state index in [1.807, 2.05) is 24.3 Å². The molecule has 0 aromatic heterocycles. The minimum Gasteiger partial charge on any atom is -0.374 e. The second kappa shape index (κ2) is 7.04. The number of anilines is 2. The quantitative estimate of drug-likeness (QED) is 0.624. The number of amides is 1. The first-order valence-electron chi connectivity index (χ1n) is 6.54. The maximum absolute atomic E-state index is 12.2. The van der Waals surface area contributed by atoms with E-state index in [9.17, 15) is 14.9 Å². The Bertz CT molecular complexity index is 689. The predicted molar refractivity (Wildman–Crippen MR) is 89.0 cm³/mol. The molecule has 0 bridgehead atoms. The lowest BCUT2D eigenvalue weighted by atomic mass is 10.2. The molecule has 2 aromatic carbocycles. The molecule has 0 heterocycles. The highest BCUT2D eigenvalue weighted by Crippen LogP contribution is 2.23. The van der Waals surface area contributed by atoms with Gasteiger partial charge in [0.25, 0.3) is 5.69 Å². The van der Waals surface area contributed by atoms with E-state index in [0.29, 0.717) is 0 Å². The number of carbonyl (C=O) groups excluding carboxylic acids is 1. The van der Waals surface area contributed by atoms with Gasteiger partial charge in [-0.3, -0.25) is 14.9 Å². The molecule has 0 saturated heterocycles. The number of nitro benzene ring substituents is 1. The number of nitrogens with zero attached hydrogens (tertiary/aromatic N) is 1. The fourth-order valence-electron chi connectivity index (χ4n) is 1.84. The molecule has 2 N–H and O–H groups in total. The number of rotatable bonds is 5. The third-order valence-electron chi connectivity index (χ3n) is 2.98. The van der Waals surface area contributed by atoms with E-state index in [0.717, 1.165) is 10.2 Å². The Hall–Kier alpha value is -2.41. The van der Waals surface area contributed by atoms with Gasteiger partial charge in [0.15, 0.2) is 0 Å². The van der Waals surface area contributed by atoms with Crippen LogP contribution in [-0.2, 0) is 4.79 Å². The summed E-state index contributed by atoms with van der Waals surface area (Å²) in [4.78, 5) is 22.6. The Morgan fingerprint density at radius 1 is 1.18 bits per heavy atom. The van der Waals surface area contributed by atoms with Gasteiger partial charge in [-0.05, 0) is 37.3 Å². The van der Waals surface area contributed by atoms with E-state index in [4.69, 9.17) is 0 Å². The first-order chi connectivity index (χ1) is 10.5. The number of nitrogens with one attached hydrogen (secondary N) is 2. The van der Waals surface area contributed by atoms with Gasteiger partial charge in [0, 0.05) is 16.2 Å². The zero-order valence-corrected chi connectivity index (χ0v) is 13.3. The molecule has 0 saturated carbocycles. The molecule has 0 spiro atoms. The van der Waals surface area contributed by atoms with Gasteiger partial charge in [0.2, 0.25) is 5.91 Å². The van der Waals surface area contributed by atoms with E-state index in [-0.39, 0.29) is 17.3 Å². The van der Waals surface area contributed by atoms with Crippen LogP contribution in [0, 0.1) is 10.1 Å². The summed E-state index contributed by atoms with van der Waals surface area (Å²) in [6.45, 7) is 1.69. The van der Waals surface area contributed by atoms with Crippen LogP contribution >= 0.6 is 15.9 Å². The summed E-state index contributed by atoms with van der Waals surface area (Å²) >= 11 is 3.34. The fraction of sp³-hybridized carbons (Fsp3) is 0.133. The first-order valence-corrected chi connectivity index (χ1v) is 7.33. The molecular weight excluding hydrogens is 350 g/mol. The first kappa shape index (κ1) is 16.0. The molecule has 0 aliphatic heterocycles. The van der Waals surface area contributed by atoms with Crippen molar-refractivity contribution >= 4 is 38.9 Å². The summed E-state index contributed by atoms with van der Waals surface area (Å²) in [5.74, 6) is -0.350. The van der Waals surface area contributed by atoms with Gasteiger partial charge in [-0.1, -0.05) is 28.1 Å². The van der Waals surface area contributed by atoms with E-state index >= 15 is 0 Å². The maximum Gasteiger partial charge on any atom is 0.292 e. The summed E-state index contributed by atoms with van der Waals surface area (Å²) in [5, 5.41) is 16.5. The van der Waals surface area contributed by atoms with Crippen molar-refractivity contribution < 1.29 is 9.72 Å². The van der Waals surface area contributed by atoms with Crippen molar-refractivity contribution in [2.75, 3.05) is 10.6 Å². The topological polar surface area (TPSA) is 84.3 Å². The summed E-state index contributed by atoms with van der Waals surface area (Å²) < 4.78 is 0.940. The van der Waals surface area contributed by atoms with Crippen LogP contribution in [0.3, 0.4) is 0 Å². The van der Waals surface area contributed by atoms with E-state index in [1.165, 1.54) is 12.1 Å². The van der Waals surface area contributed by atoms with Crippen molar-refractivity contribution in [2.24, 2.45) is 0 Å². The maximum atomic E-state index is 12.2. The Balaban J connectivity index is 2.05. The largest absolute Gasteiger partial charge is 0.374 e. The van der Waals surface area contributed by atoms with Gasteiger partial charge >= 0.3 is 0 Å². The highest BCUT2D eigenvalue weighted by atomic mass is 79.9. The minimum atomic E-state index is -0.541. The van der Waals surface area contributed by atoms with Gasteiger partial charge in [-0.25, -0.2) is 0 Å². The number of hydrogen-bond acceptors (Lipinski definition) is 4. The molecule has 0 aliphatic rings. The van der Waals surface area contributed by atoms with Gasteiger partial charge in [-0.15, -0.1) is 0 Å². The van der Waals surface area contributed by atoms with Crippen LogP contribution in [0.5, 0.6) is 0 Å². The predicted octanol–water partition coefficient (Wildman–Crippen LogP) is 3.80. The normalized spacial score (nSPS) is 11.5. The third kappa shape index (κ3) is 4.05. The molecule has 1 atom stereocenters. The minimum absolute atomic E-state index is 0.133. The highest BCUT2D eigenvalue weighted by molar-refractivity contribution is 9.10. The summed E-state index contributed by atoms with van der Waals surface area (Å²) in [6, 6.07) is 12.9. The van der Waals surface area contributed by atoms with Crippen molar-refractivity contribution in [3.8, 4) is 0 Å². The van der Waals surface area contributed by atoms with Gasteiger partial charge in [0.1, 0.15) is 11.7 Å². The Morgan fingerprint density at radius 3 is 2.45 bits per heavy atom. The zero-order chi connectivity index (χ0) is 16.1. The van der Waals surface area contributed by atoms with Crippen molar-refractivity contribution in [3.05, 3.63) is 63.1 Å². The smallest absolute Gasteiger partial charge is 0.292 e. The summed E-state index contributed by atoms with van der Waals surface area (Å²) in [6.07, 6.45) is 0. The summed E-state index contributed by atoms with van der Waals surface area (Å²) in [7, 11) is 0. The Morgan fingerprint density at radius 2 is 1.82 bits per heavy atom. The van der Waals surface area contributed by atoms with Gasteiger partial charge in [0.05, 0.1) is 4.92 Å². The molecule has 114 valence electrons.